The molecule has 2 saturated heterocycles. The molecule has 2 aromatic carbocycles. The van der Waals surface area contributed by atoms with E-state index in [9.17, 15) is 28.8 Å². The molecule has 5 amide bonds. The summed E-state index contributed by atoms with van der Waals surface area (Å²) in [6.45, 7) is 2.72. The van der Waals surface area contributed by atoms with Gasteiger partial charge >= 0.3 is 0 Å². The predicted molar refractivity (Wildman–Crippen MR) is 205 cm³/mol. The van der Waals surface area contributed by atoms with Crippen molar-refractivity contribution >= 4 is 51.2 Å². The number of amides is 5. The lowest BCUT2D eigenvalue weighted by Crippen LogP contribution is -2.54. The number of piperidine rings is 2. The van der Waals surface area contributed by atoms with E-state index in [2.05, 4.69) is 48.9 Å². The number of fused-ring (bicyclic) bond motifs is 1. The second-order valence-corrected chi connectivity index (χ2v) is 15.1. The average molecular weight is 805 g/mol. The molecule has 1 unspecified atom stereocenters. The predicted octanol–water partition coefficient (Wildman–Crippen LogP) is 3.99. The molecule has 3 aromatic rings. The highest BCUT2D eigenvalue weighted by atomic mass is 79.9. The maximum absolute atomic E-state index is 13.2. The Kier molecular flexibility index (Phi) is 12.6. The van der Waals surface area contributed by atoms with E-state index in [4.69, 9.17) is 4.74 Å². The molecule has 3 atom stereocenters. The summed E-state index contributed by atoms with van der Waals surface area (Å²) in [5.41, 5.74) is 2.66. The highest BCUT2D eigenvalue weighted by molar-refractivity contribution is 9.10. The van der Waals surface area contributed by atoms with Crippen LogP contribution in [0.3, 0.4) is 0 Å². The highest BCUT2D eigenvalue weighted by Gasteiger charge is 2.46. The Morgan fingerprint density at radius 3 is 2.44 bits per heavy atom. The van der Waals surface area contributed by atoms with Crippen molar-refractivity contribution in [2.75, 3.05) is 38.6 Å². The Labute approximate surface area is 322 Å². The molecule has 0 saturated carbocycles. The van der Waals surface area contributed by atoms with Crippen LogP contribution in [0.5, 0.6) is 5.75 Å². The zero-order valence-electron chi connectivity index (χ0n) is 30.6. The number of imide groups is 2. The fourth-order valence-electron chi connectivity index (χ4n) is 7.43. The molecule has 15 heteroatoms. The van der Waals surface area contributed by atoms with Gasteiger partial charge in [-0.3, -0.25) is 39.0 Å². The lowest BCUT2D eigenvalue weighted by atomic mass is 9.87. The van der Waals surface area contributed by atoms with Crippen LogP contribution in [0, 0.1) is 0 Å². The van der Waals surface area contributed by atoms with Gasteiger partial charge in [0.15, 0.2) is 0 Å². The monoisotopic (exact) mass is 803 g/mol. The SMILES string of the molecule is CN1C[C@H](Nc2cnn(C)c(=O)c2Br)C[C@H](c2ccc(C(=O)NCCCCCCCCOc3cccc4c3C(=O)N(C3CCC(=O)NC3=O)C4=O)cc2)C1. The molecule has 286 valence electrons. The number of aryl methyl sites for hydroxylation is 1. The maximum atomic E-state index is 13.2. The minimum absolute atomic E-state index is 0.0654. The molecule has 14 nitrogen and oxygen atoms in total. The Balaban J connectivity index is 0.865. The fraction of sp³-hybridized carbons (Fsp3) is 0.462. The molecule has 54 heavy (non-hydrogen) atoms. The van der Waals surface area contributed by atoms with Crippen molar-refractivity contribution < 1.29 is 28.7 Å². The molecule has 4 heterocycles. The van der Waals surface area contributed by atoms with Gasteiger partial charge in [-0.05, 0) is 84.4 Å². The van der Waals surface area contributed by atoms with Gasteiger partial charge in [-0.2, -0.15) is 5.10 Å². The summed E-state index contributed by atoms with van der Waals surface area (Å²) in [5, 5.41) is 12.9. The third-order valence-corrected chi connectivity index (χ3v) is 11.0. The minimum Gasteiger partial charge on any atom is -0.493 e. The van der Waals surface area contributed by atoms with Gasteiger partial charge in [-0.1, -0.05) is 43.9 Å². The molecular weight excluding hydrogens is 758 g/mol. The molecule has 0 radical (unpaired) electrons. The second kappa shape index (κ2) is 17.5. The molecule has 0 spiro atoms. The van der Waals surface area contributed by atoms with E-state index < -0.39 is 29.7 Å². The molecule has 1 aromatic heterocycles. The van der Waals surface area contributed by atoms with Gasteiger partial charge in [0, 0.05) is 44.7 Å². The van der Waals surface area contributed by atoms with Crippen molar-refractivity contribution in [3.05, 3.63) is 85.7 Å². The number of benzene rings is 2. The summed E-state index contributed by atoms with van der Waals surface area (Å²) in [5.74, 6) is -1.69. The molecule has 2 fully saturated rings. The van der Waals surface area contributed by atoms with Crippen LogP contribution in [0.1, 0.15) is 100 Å². The maximum Gasteiger partial charge on any atom is 0.282 e. The van der Waals surface area contributed by atoms with E-state index in [0.717, 1.165) is 62.9 Å². The van der Waals surface area contributed by atoms with Crippen molar-refractivity contribution in [1.29, 1.82) is 0 Å². The van der Waals surface area contributed by atoms with Gasteiger partial charge in [0.2, 0.25) is 11.8 Å². The van der Waals surface area contributed by atoms with Crippen LogP contribution in [0.15, 0.2) is 57.9 Å². The number of rotatable bonds is 15. The standard InChI is InChI=1S/C39H46BrN7O7/c1-45-22-26(20-27(23-45)43-29-21-42-46(2)39(53)34(29)40)24-12-14-25(15-13-24)35(49)41-18-7-5-3-4-6-8-19-54-31-11-9-10-28-33(31)38(52)47(37(28)51)30-16-17-32(48)44-36(30)50/h9-15,21,26-27,30,43H,3-8,16-20,22-23H2,1-2H3,(H,41,49)(H,44,48,50)/t26-,27+,30?/m0/s1. The van der Waals surface area contributed by atoms with Crippen LogP contribution >= 0.6 is 15.9 Å². The Hall–Kier alpha value is -4.89. The number of anilines is 1. The van der Waals surface area contributed by atoms with Gasteiger partial charge in [0.1, 0.15) is 16.3 Å². The Bertz CT molecular complexity index is 1970. The second-order valence-electron chi connectivity index (χ2n) is 14.3. The van der Waals surface area contributed by atoms with Crippen molar-refractivity contribution in [2.45, 2.75) is 75.8 Å². The van der Waals surface area contributed by atoms with Crippen molar-refractivity contribution in [2.24, 2.45) is 7.05 Å². The Morgan fingerprint density at radius 1 is 0.944 bits per heavy atom. The summed E-state index contributed by atoms with van der Waals surface area (Å²) in [7, 11) is 3.70. The zero-order chi connectivity index (χ0) is 38.4. The third-order valence-electron chi connectivity index (χ3n) is 10.3. The normalized spacial score (nSPS) is 20.1. The number of aromatic nitrogens is 2. The first-order chi connectivity index (χ1) is 26.0. The Morgan fingerprint density at radius 2 is 1.69 bits per heavy atom. The number of likely N-dealkylation sites (N-methyl/N-ethyl adjacent to an activating group) is 1. The number of halogens is 1. The van der Waals surface area contributed by atoms with E-state index >= 15 is 0 Å². The number of likely N-dealkylation sites (tertiary alicyclic amines) is 1. The zero-order valence-corrected chi connectivity index (χ0v) is 32.2. The van der Waals surface area contributed by atoms with Crippen molar-refractivity contribution in [3.8, 4) is 5.75 Å². The number of hydrogen-bond acceptors (Lipinski definition) is 10. The third kappa shape index (κ3) is 8.90. The molecule has 3 aliphatic rings. The first kappa shape index (κ1) is 38.8. The largest absolute Gasteiger partial charge is 0.493 e. The van der Waals surface area contributed by atoms with Crippen LogP contribution in [0.2, 0.25) is 0 Å². The van der Waals surface area contributed by atoms with Crippen LogP contribution in [-0.4, -0.2) is 94.5 Å². The number of hydrogen-bond donors (Lipinski definition) is 3. The van der Waals surface area contributed by atoms with E-state index in [-0.39, 0.29) is 47.4 Å². The van der Waals surface area contributed by atoms with Gasteiger partial charge in [-0.15, -0.1) is 0 Å². The van der Waals surface area contributed by atoms with Gasteiger partial charge < -0.3 is 20.3 Å². The molecule has 0 bridgehead atoms. The smallest absolute Gasteiger partial charge is 0.282 e. The molecule has 3 N–H and O–H groups in total. The van der Waals surface area contributed by atoms with E-state index in [0.29, 0.717) is 34.6 Å². The first-order valence-corrected chi connectivity index (χ1v) is 19.3. The molecule has 6 rings (SSSR count). The van der Waals surface area contributed by atoms with E-state index in [1.165, 1.54) is 10.2 Å². The van der Waals surface area contributed by atoms with Crippen molar-refractivity contribution in [1.82, 2.24) is 30.2 Å². The summed E-state index contributed by atoms with van der Waals surface area (Å²) >= 11 is 3.40. The van der Waals surface area contributed by atoms with Gasteiger partial charge in [-0.25, -0.2) is 4.68 Å². The van der Waals surface area contributed by atoms with Gasteiger partial charge in [0.25, 0.3) is 23.3 Å². The molecule has 3 aliphatic heterocycles. The lowest BCUT2D eigenvalue weighted by Gasteiger charge is -2.37. The minimum atomic E-state index is -1.02. The number of carbonyl (C=O) groups is 5. The summed E-state index contributed by atoms with van der Waals surface area (Å²) in [6.07, 6.45) is 8.28. The highest BCUT2D eigenvalue weighted by Crippen LogP contribution is 2.34. The molecular formula is C39H46BrN7O7. The molecule has 0 aliphatic carbocycles. The fourth-order valence-corrected chi connectivity index (χ4v) is 7.90. The lowest BCUT2D eigenvalue weighted by molar-refractivity contribution is -0.136. The van der Waals surface area contributed by atoms with Crippen molar-refractivity contribution in [3.63, 3.8) is 0 Å². The van der Waals surface area contributed by atoms with E-state index in [1.54, 1.807) is 31.4 Å². The number of nitrogens with one attached hydrogen (secondary N) is 3. The number of carbonyl (C=O) groups excluding carboxylic acids is 5. The van der Waals surface area contributed by atoms with Crippen LogP contribution in [0.4, 0.5) is 5.69 Å². The van der Waals surface area contributed by atoms with Crippen LogP contribution in [-0.2, 0) is 16.6 Å². The topological polar surface area (TPSA) is 172 Å². The van der Waals surface area contributed by atoms with Crippen LogP contribution in [0.25, 0.3) is 0 Å². The van der Waals surface area contributed by atoms with E-state index in [1.807, 2.05) is 24.3 Å². The average Bonchev–Trinajstić information content (AvgIpc) is 3.41. The first-order valence-electron chi connectivity index (χ1n) is 18.5. The van der Waals surface area contributed by atoms with Gasteiger partial charge in [0.05, 0.1) is 29.6 Å². The van der Waals surface area contributed by atoms with Crippen LogP contribution < -0.4 is 26.2 Å². The number of nitrogens with zero attached hydrogens (tertiary/aromatic N) is 4. The summed E-state index contributed by atoms with van der Waals surface area (Å²) in [4.78, 5) is 78.5. The summed E-state index contributed by atoms with van der Waals surface area (Å²) in [6, 6.07) is 11.8. The summed E-state index contributed by atoms with van der Waals surface area (Å²) < 4.78 is 7.69. The number of ether oxygens (including phenoxy) is 1. The quantitative estimate of drug-likeness (QED) is 0.151. The number of unbranched alkanes of at least 4 members (excludes halogenated alkanes) is 5.